The first kappa shape index (κ1) is 28.9. The molecule has 0 radical (unpaired) electrons. The van der Waals surface area contributed by atoms with E-state index in [4.69, 9.17) is 27.9 Å². The fraction of sp³-hybridized carbons (Fsp3) is 0.0556. The highest BCUT2D eigenvalue weighted by Crippen LogP contribution is 2.56. The van der Waals surface area contributed by atoms with Crippen molar-refractivity contribution < 1.29 is 13.0 Å². The lowest BCUT2D eigenvalue weighted by atomic mass is 9.75. The van der Waals surface area contributed by atoms with E-state index >= 15 is 0 Å². The molecule has 4 heteroatoms. The minimum absolute atomic E-state index is 0.00514. The van der Waals surface area contributed by atoms with Crippen LogP contribution in [0, 0.1) is 0 Å². The van der Waals surface area contributed by atoms with Crippen molar-refractivity contribution in [2.45, 2.75) is 19.1 Å². The maximum absolute atomic E-state index is 8.86. The van der Waals surface area contributed by atoms with Crippen LogP contribution in [0.1, 0.15) is 33.1 Å². The second-order valence-electron chi connectivity index (χ2n) is 14.2. The van der Waals surface area contributed by atoms with Crippen molar-refractivity contribution >= 4 is 0 Å². The van der Waals surface area contributed by atoms with Crippen molar-refractivity contribution in [3.8, 4) is 89.9 Å². The first-order valence-corrected chi connectivity index (χ1v) is 19.2. The van der Waals surface area contributed by atoms with Gasteiger partial charge in [0.1, 0.15) is 17.8 Å². The molecule has 1 aliphatic rings. The third-order valence-electron chi connectivity index (χ3n) is 10.8. The fourth-order valence-electron chi connectivity index (χ4n) is 8.23. The summed E-state index contributed by atoms with van der Waals surface area (Å²) in [5, 5.41) is 0. The van der Waals surface area contributed by atoms with Gasteiger partial charge in [-0.2, -0.15) is 0 Å². The Labute approximate surface area is 347 Å². The summed E-state index contributed by atoms with van der Waals surface area (Å²) in [6.45, 7) is -6.01. The number of hydrogen-bond donors (Lipinski definition) is 0. The summed E-state index contributed by atoms with van der Waals surface area (Å²) in [4.78, 5) is 15.0. The molecule has 2 heterocycles. The highest BCUT2D eigenvalue weighted by atomic mass is 16.5. The summed E-state index contributed by atoms with van der Waals surface area (Å²) >= 11 is 0. The lowest BCUT2D eigenvalue weighted by Gasteiger charge is -2.35. The highest BCUT2D eigenvalue weighted by molar-refractivity contribution is 6.14. The van der Waals surface area contributed by atoms with Crippen molar-refractivity contribution in [3.05, 3.63) is 212 Å². The summed E-state index contributed by atoms with van der Waals surface area (Å²) in [5.41, 5.74) is 8.37. The van der Waals surface area contributed by atoms with Crippen LogP contribution < -0.4 is 4.74 Å². The van der Waals surface area contributed by atoms with Crippen molar-refractivity contribution in [3.63, 3.8) is 0 Å². The minimum Gasteiger partial charge on any atom is -0.456 e. The van der Waals surface area contributed by atoms with E-state index in [0.717, 1.165) is 61.2 Å². The largest absolute Gasteiger partial charge is 0.456 e. The normalized spacial score (nSPS) is 14.6. The molecule has 0 unspecified atom stereocenters. The first-order chi connectivity index (χ1) is 31.1. The second-order valence-corrected chi connectivity index (χ2v) is 14.2. The van der Waals surface area contributed by atoms with Gasteiger partial charge in [-0.25, -0.2) is 15.0 Å². The van der Waals surface area contributed by atoms with Crippen LogP contribution in [0.15, 0.2) is 200 Å². The molecule has 0 fully saturated rings. The third-order valence-corrected chi connectivity index (χ3v) is 10.8. The zero-order valence-corrected chi connectivity index (χ0v) is 31.3. The van der Waals surface area contributed by atoms with Gasteiger partial charge in [0.25, 0.3) is 0 Å². The lowest BCUT2D eigenvalue weighted by Crippen LogP contribution is -2.24. The zero-order valence-electron chi connectivity index (χ0n) is 37.3. The highest BCUT2D eigenvalue weighted by Gasteiger charge is 2.36. The molecule has 0 aliphatic carbocycles. The Balaban J connectivity index is 1.36. The van der Waals surface area contributed by atoms with Crippen molar-refractivity contribution in [1.82, 2.24) is 15.0 Å². The number of benzene rings is 8. The number of rotatable bonds is 7. The molecule has 276 valence electrons. The van der Waals surface area contributed by atoms with Crippen LogP contribution in [-0.2, 0) is 5.41 Å². The standard InChI is InChI=1S/C54H39N3O/c1-54(2)42-32-18-19-34-44(42)58-51-41(31-20-33-43(51)54)52-55-35-56-53(57-52)50-48(39-27-14-6-15-28-39)46(37-23-10-4-11-24-37)45(36-21-8-3-9-22-36)47(38-25-12-5-13-26-38)49(50)40-29-16-7-17-30-40/h3-35H,1-2H3/i1D3,2D3. The summed E-state index contributed by atoms with van der Waals surface area (Å²) in [6.07, 6.45) is 1.45. The molecular weight excluding hydrogens is 707 g/mol. The Kier molecular flexibility index (Phi) is 7.26. The zero-order chi connectivity index (χ0) is 44.1. The summed E-state index contributed by atoms with van der Waals surface area (Å²) in [6, 6.07) is 63.0. The number of nitrogens with zero attached hydrogens (tertiary/aromatic N) is 3. The molecule has 0 bridgehead atoms. The van der Waals surface area contributed by atoms with Crippen LogP contribution in [0.25, 0.3) is 78.4 Å². The van der Waals surface area contributed by atoms with E-state index in [1.807, 2.05) is 78.9 Å². The molecule has 10 rings (SSSR count). The molecule has 0 saturated carbocycles. The van der Waals surface area contributed by atoms with E-state index in [-0.39, 0.29) is 28.5 Å². The predicted molar refractivity (Wildman–Crippen MR) is 237 cm³/mol. The van der Waals surface area contributed by atoms with Crippen LogP contribution in [0.2, 0.25) is 0 Å². The number of ether oxygens (including phenoxy) is 1. The monoisotopic (exact) mass is 751 g/mol. The Hall–Kier alpha value is -7.43. The molecule has 0 amide bonds. The smallest absolute Gasteiger partial charge is 0.167 e. The Morgan fingerprint density at radius 3 is 1.26 bits per heavy atom. The van der Waals surface area contributed by atoms with Crippen LogP contribution in [0.4, 0.5) is 0 Å². The predicted octanol–water partition coefficient (Wildman–Crippen LogP) is 14.0. The second kappa shape index (κ2) is 14.6. The van der Waals surface area contributed by atoms with Crippen molar-refractivity contribution in [2.75, 3.05) is 0 Å². The Morgan fingerprint density at radius 2 is 0.793 bits per heavy atom. The van der Waals surface area contributed by atoms with Crippen molar-refractivity contribution in [1.29, 1.82) is 0 Å². The summed E-state index contributed by atoms with van der Waals surface area (Å²) < 4.78 is 59.7. The summed E-state index contributed by atoms with van der Waals surface area (Å²) in [7, 11) is 0. The number of fused-ring (bicyclic) bond motifs is 2. The van der Waals surface area contributed by atoms with Gasteiger partial charge in [0, 0.05) is 41.5 Å². The molecule has 4 nitrogen and oxygen atoms in total. The minimum atomic E-state index is -3.01. The number of aromatic nitrogens is 3. The topological polar surface area (TPSA) is 47.9 Å². The number of hydrogen-bond acceptors (Lipinski definition) is 4. The van der Waals surface area contributed by atoms with Gasteiger partial charge in [-0.05, 0) is 56.6 Å². The van der Waals surface area contributed by atoms with Gasteiger partial charge in [-0.3, -0.25) is 0 Å². The van der Waals surface area contributed by atoms with Gasteiger partial charge in [-0.15, -0.1) is 0 Å². The molecule has 9 aromatic rings. The molecule has 1 aliphatic heterocycles. The third kappa shape index (κ3) is 5.98. The van der Waals surface area contributed by atoms with Gasteiger partial charge in [0.15, 0.2) is 11.6 Å². The number of para-hydroxylation sites is 2. The SMILES string of the molecule is [2H]C([2H])([2H])C1(C([2H])([2H])[2H])c2ccccc2Oc2c(-c3ncnc(-c4c(-c5ccccc5)c(-c5ccccc5)c(-c5ccccc5)c(-c5ccccc5)c4-c4ccccc4)n3)cccc21. The van der Waals surface area contributed by atoms with E-state index in [1.165, 1.54) is 18.5 Å². The molecule has 1 aromatic heterocycles. The average Bonchev–Trinajstić information content (AvgIpc) is 3.32. The van der Waals surface area contributed by atoms with E-state index in [9.17, 15) is 0 Å². The van der Waals surface area contributed by atoms with Crippen molar-refractivity contribution in [2.24, 2.45) is 0 Å². The average molecular weight is 752 g/mol. The fourth-order valence-corrected chi connectivity index (χ4v) is 8.23. The summed E-state index contributed by atoms with van der Waals surface area (Å²) in [5.74, 6) is 0.729. The van der Waals surface area contributed by atoms with E-state index in [0.29, 0.717) is 11.4 Å². The molecule has 0 N–H and O–H groups in total. The lowest BCUT2D eigenvalue weighted by molar-refractivity contribution is 0.419. The molecule has 58 heavy (non-hydrogen) atoms. The van der Waals surface area contributed by atoms with Crippen LogP contribution in [0.5, 0.6) is 11.5 Å². The van der Waals surface area contributed by atoms with Gasteiger partial charge in [0.05, 0.1) is 5.56 Å². The van der Waals surface area contributed by atoms with E-state index in [2.05, 4.69) is 72.8 Å². The molecule has 0 spiro atoms. The van der Waals surface area contributed by atoms with Gasteiger partial charge >= 0.3 is 0 Å². The van der Waals surface area contributed by atoms with E-state index in [1.54, 1.807) is 30.3 Å². The van der Waals surface area contributed by atoms with Gasteiger partial charge < -0.3 is 4.74 Å². The Bertz CT molecular complexity index is 3020. The maximum atomic E-state index is 8.86. The quantitative estimate of drug-likeness (QED) is 0.163. The van der Waals surface area contributed by atoms with Crippen LogP contribution in [-0.4, -0.2) is 15.0 Å². The molecule has 8 aromatic carbocycles. The van der Waals surface area contributed by atoms with E-state index < -0.39 is 19.1 Å². The maximum Gasteiger partial charge on any atom is 0.167 e. The van der Waals surface area contributed by atoms with Gasteiger partial charge in [-0.1, -0.05) is 196 Å². The molecular formula is C54H39N3O. The van der Waals surface area contributed by atoms with Crippen LogP contribution >= 0.6 is 0 Å². The van der Waals surface area contributed by atoms with Gasteiger partial charge in [0.2, 0.25) is 0 Å². The molecule has 0 atom stereocenters. The molecule has 0 saturated heterocycles. The van der Waals surface area contributed by atoms with Crippen LogP contribution in [0.3, 0.4) is 0 Å². The first-order valence-electron chi connectivity index (χ1n) is 22.2. The Morgan fingerprint density at radius 1 is 0.397 bits per heavy atom.